The number of amides is 1. The Morgan fingerprint density at radius 1 is 1.08 bits per heavy atom. The molecule has 1 aliphatic heterocycles. The molecule has 0 unspecified atom stereocenters. The highest BCUT2D eigenvalue weighted by molar-refractivity contribution is 5.78. The molecule has 0 radical (unpaired) electrons. The van der Waals surface area contributed by atoms with Gasteiger partial charge in [0.05, 0.1) is 20.8 Å². The summed E-state index contributed by atoms with van der Waals surface area (Å²) in [5, 5.41) is 3.25. The second-order valence-corrected chi connectivity index (χ2v) is 7.19. The summed E-state index contributed by atoms with van der Waals surface area (Å²) in [6.07, 6.45) is 8.29. The molecule has 1 aliphatic carbocycles. The predicted molar refractivity (Wildman–Crippen MR) is 98.2 cm³/mol. The van der Waals surface area contributed by atoms with E-state index >= 15 is 0 Å². The SMILES string of the molecule is COc1cc2c(cc1OC)CN(CC(=O)NC1CCCCCC1)CC2. The molecule has 3 rings (SSSR count). The van der Waals surface area contributed by atoms with E-state index in [9.17, 15) is 4.79 Å². The summed E-state index contributed by atoms with van der Waals surface area (Å²) in [5.41, 5.74) is 2.52. The van der Waals surface area contributed by atoms with E-state index in [4.69, 9.17) is 9.47 Å². The van der Waals surface area contributed by atoms with Crippen molar-refractivity contribution in [3.63, 3.8) is 0 Å². The predicted octanol–water partition coefficient (Wildman–Crippen LogP) is 2.90. The number of carbonyl (C=O) groups is 1. The minimum Gasteiger partial charge on any atom is -0.493 e. The molecule has 1 saturated carbocycles. The van der Waals surface area contributed by atoms with E-state index in [1.165, 1.54) is 36.8 Å². The van der Waals surface area contributed by atoms with Crippen LogP contribution in [0, 0.1) is 0 Å². The molecule has 1 fully saturated rings. The fourth-order valence-corrected chi connectivity index (χ4v) is 3.98. The van der Waals surface area contributed by atoms with Gasteiger partial charge in [0.25, 0.3) is 0 Å². The molecule has 1 heterocycles. The lowest BCUT2D eigenvalue weighted by atomic mass is 9.98. The monoisotopic (exact) mass is 346 g/mol. The first-order chi connectivity index (χ1) is 12.2. The Morgan fingerprint density at radius 3 is 2.36 bits per heavy atom. The summed E-state index contributed by atoms with van der Waals surface area (Å²) in [5.74, 6) is 1.70. The van der Waals surface area contributed by atoms with Gasteiger partial charge in [0.1, 0.15) is 0 Å². The molecule has 1 aromatic carbocycles. The average Bonchev–Trinajstić information content (AvgIpc) is 2.89. The lowest BCUT2D eigenvalue weighted by Gasteiger charge is -2.29. The number of rotatable bonds is 5. The van der Waals surface area contributed by atoms with Crippen molar-refractivity contribution in [1.29, 1.82) is 0 Å². The zero-order chi connectivity index (χ0) is 17.6. The Hall–Kier alpha value is -1.75. The zero-order valence-corrected chi connectivity index (χ0v) is 15.5. The summed E-state index contributed by atoms with van der Waals surface area (Å²) in [7, 11) is 3.32. The van der Waals surface area contributed by atoms with Crippen molar-refractivity contribution >= 4 is 5.91 Å². The number of hydrogen-bond donors (Lipinski definition) is 1. The molecule has 25 heavy (non-hydrogen) atoms. The van der Waals surface area contributed by atoms with Gasteiger partial charge in [0.15, 0.2) is 11.5 Å². The van der Waals surface area contributed by atoms with Gasteiger partial charge < -0.3 is 14.8 Å². The van der Waals surface area contributed by atoms with Gasteiger partial charge in [0.2, 0.25) is 5.91 Å². The van der Waals surface area contributed by atoms with Crippen molar-refractivity contribution in [2.75, 3.05) is 27.3 Å². The van der Waals surface area contributed by atoms with Crippen molar-refractivity contribution in [3.8, 4) is 11.5 Å². The largest absolute Gasteiger partial charge is 0.493 e. The molecule has 1 N–H and O–H groups in total. The van der Waals surface area contributed by atoms with Crippen LogP contribution in [0.1, 0.15) is 49.7 Å². The average molecular weight is 346 g/mol. The Labute approximate surface area is 150 Å². The highest BCUT2D eigenvalue weighted by Crippen LogP contribution is 2.33. The highest BCUT2D eigenvalue weighted by Gasteiger charge is 2.22. The minimum absolute atomic E-state index is 0.163. The zero-order valence-electron chi connectivity index (χ0n) is 15.5. The van der Waals surface area contributed by atoms with Crippen LogP contribution in [-0.2, 0) is 17.8 Å². The quantitative estimate of drug-likeness (QED) is 0.833. The minimum atomic E-state index is 0.163. The first-order valence-electron chi connectivity index (χ1n) is 9.45. The topological polar surface area (TPSA) is 50.8 Å². The van der Waals surface area contributed by atoms with E-state index in [1.807, 2.05) is 6.07 Å². The maximum absolute atomic E-state index is 12.4. The maximum Gasteiger partial charge on any atom is 0.234 e. The van der Waals surface area contributed by atoms with Gasteiger partial charge in [-0.25, -0.2) is 0 Å². The van der Waals surface area contributed by atoms with Gasteiger partial charge in [-0.05, 0) is 42.5 Å². The van der Waals surface area contributed by atoms with Gasteiger partial charge in [-0.2, -0.15) is 0 Å². The van der Waals surface area contributed by atoms with Crippen LogP contribution in [0.25, 0.3) is 0 Å². The smallest absolute Gasteiger partial charge is 0.234 e. The van der Waals surface area contributed by atoms with Crippen molar-refractivity contribution in [1.82, 2.24) is 10.2 Å². The normalized spacial score (nSPS) is 19.0. The van der Waals surface area contributed by atoms with Crippen molar-refractivity contribution in [2.45, 2.75) is 57.5 Å². The second kappa shape index (κ2) is 8.56. The van der Waals surface area contributed by atoms with E-state index in [2.05, 4.69) is 16.3 Å². The van der Waals surface area contributed by atoms with Crippen LogP contribution < -0.4 is 14.8 Å². The lowest BCUT2D eigenvalue weighted by molar-refractivity contribution is -0.123. The van der Waals surface area contributed by atoms with Gasteiger partial charge in [0, 0.05) is 19.1 Å². The van der Waals surface area contributed by atoms with E-state index in [0.29, 0.717) is 12.6 Å². The molecule has 138 valence electrons. The molecule has 2 aliphatic rings. The Kier molecular flexibility index (Phi) is 6.19. The summed E-state index contributed by atoms with van der Waals surface area (Å²) in [6, 6.07) is 4.48. The Bertz CT molecular complexity index is 595. The lowest BCUT2D eigenvalue weighted by Crippen LogP contribution is -2.43. The van der Waals surface area contributed by atoms with Gasteiger partial charge >= 0.3 is 0 Å². The number of benzene rings is 1. The van der Waals surface area contributed by atoms with Gasteiger partial charge in [-0.15, -0.1) is 0 Å². The third kappa shape index (κ3) is 4.66. The molecule has 0 atom stereocenters. The van der Waals surface area contributed by atoms with Crippen molar-refractivity contribution in [3.05, 3.63) is 23.3 Å². The number of hydrogen-bond acceptors (Lipinski definition) is 4. The molecule has 0 bridgehead atoms. The van der Waals surface area contributed by atoms with E-state index in [-0.39, 0.29) is 5.91 Å². The standard InChI is InChI=1S/C20H30N2O3/c1-24-18-11-15-9-10-22(13-16(15)12-19(18)25-2)14-20(23)21-17-7-5-3-4-6-8-17/h11-12,17H,3-10,13-14H2,1-2H3,(H,21,23). The van der Waals surface area contributed by atoms with Crippen LogP contribution in [0.4, 0.5) is 0 Å². The molecular weight excluding hydrogens is 316 g/mol. The van der Waals surface area contributed by atoms with Crippen molar-refractivity contribution in [2.24, 2.45) is 0 Å². The van der Waals surface area contributed by atoms with Crippen LogP contribution >= 0.6 is 0 Å². The Balaban J connectivity index is 1.57. The number of ether oxygens (including phenoxy) is 2. The molecule has 5 heteroatoms. The van der Waals surface area contributed by atoms with Crippen LogP contribution in [0.2, 0.25) is 0 Å². The maximum atomic E-state index is 12.4. The number of fused-ring (bicyclic) bond motifs is 1. The number of nitrogens with zero attached hydrogens (tertiary/aromatic N) is 1. The fraction of sp³-hybridized carbons (Fsp3) is 0.650. The molecule has 5 nitrogen and oxygen atoms in total. The number of carbonyl (C=O) groups excluding carboxylic acids is 1. The van der Waals surface area contributed by atoms with Gasteiger partial charge in [-0.3, -0.25) is 9.69 Å². The number of methoxy groups -OCH3 is 2. The summed E-state index contributed by atoms with van der Waals surface area (Å²) >= 11 is 0. The first-order valence-corrected chi connectivity index (χ1v) is 9.45. The third-order valence-corrected chi connectivity index (χ3v) is 5.38. The summed E-state index contributed by atoms with van der Waals surface area (Å²) in [6.45, 7) is 2.17. The van der Waals surface area contributed by atoms with Crippen LogP contribution in [0.3, 0.4) is 0 Å². The Morgan fingerprint density at radius 2 is 1.72 bits per heavy atom. The summed E-state index contributed by atoms with van der Waals surface area (Å²) in [4.78, 5) is 14.7. The molecule has 1 amide bonds. The number of nitrogens with one attached hydrogen (secondary N) is 1. The van der Waals surface area contributed by atoms with Crippen LogP contribution in [0.5, 0.6) is 11.5 Å². The fourth-order valence-electron chi connectivity index (χ4n) is 3.98. The summed E-state index contributed by atoms with van der Waals surface area (Å²) < 4.78 is 10.8. The molecule has 0 aromatic heterocycles. The van der Waals surface area contributed by atoms with Gasteiger partial charge in [-0.1, -0.05) is 25.7 Å². The molecule has 0 saturated heterocycles. The van der Waals surface area contributed by atoms with E-state index < -0.39 is 0 Å². The second-order valence-electron chi connectivity index (χ2n) is 7.19. The van der Waals surface area contributed by atoms with E-state index in [1.54, 1.807) is 14.2 Å². The highest BCUT2D eigenvalue weighted by atomic mass is 16.5. The molecule has 0 spiro atoms. The van der Waals surface area contributed by atoms with Crippen LogP contribution in [0.15, 0.2) is 12.1 Å². The van der Waals surface area contributed by atoms with Crippen LogP contribution in [-0.4, -0.2) is 44.2 Å². The van der Waals surface area contributed by atoms with Crippen molar-refractivity contribution < 1.29 is 14.3 Å². The molecular formula is C20H30N2O3. The first kappa shape index (κ1) is 18.1. The molecule has 1 aromatic rings. The van der Waals surface area contributed by atoms with E-state index in [0.717, 1.165) is 43.9 Å². The third-order valence-electron chi connectivity index (χ3n) is 5.38.